The first-order valence-electron chi connectivity index (χ1n) is 6.12. The van der Waals surface area contributed by atoms with Gasteiger partial charge >= 0.3 is 0 Å². The number of para-hydroxylation sites is 1. The fourth-order valence-electron chi connectivity index (χ4n) is 1.53. The van der Waals surface area contributed by atoms with E-state index in [9.17, 15) is 4.79 Å². The monoisotopic (exact) mass is 335 g/mol. The molecule has 1 amide bonds. The number of carbonyl (C=O) groups is 1. The van der Waals surface area contributed by atoms with Gasteiger partial charge in [-0.1, -0.05) is 30.3 Å². The smallest absolute Gasteiger partial charge is 0.275 e. The Hall–Kier alpha value is -1.85. The van der Waals surface area contributed by atoms with Crippen molar-refractivity contribution in [1.82, 2.24) is 5.48 Å². The number of nitrogens with one attached hydrogen (secondary N) is 1. The van der Waals surface area contributed by atoms with Crippen LogP contribution in [0.2, 0.25) is 0 Å². The minimum Gasteiger partial charge on any atom is -0.491 e. The van der Waals surface area contributed by atoms with Gasteiger partial charge in [-0.2, -0.15) is 0 Å². The van der Waals surface area contributed by atoms with E-state index in [0.29, 0.717) is 12.2 Å². The van der Waals surface area contributed by atoms with Gasteiger partial charge in [0.25, 0.3) is 5.91 Å². The third-order valence-corrected chi connectivity index (χ3v) is 3.17. The van der Waals surface area contributed by atoms with E-state index in [0.717, 1.165) is 10.2 Å². The SMILES string of the molecule is O=C(NOCCOc1ccccc1)c1ccccc1Br. The van der Waals surface area contributed by atoms with Crippen molar-refractivity contribution < 1.29 is 14.4 Å². The van der Waals surface area contributed by atoms with Gasteiger partial charge in [0.2, 0.25) is 0 Å². The van der Waals surface area contributed by atoms with E-state index >= 15 is 0 Å². The molecule has 4 nitrogen and oxygen atoms in total. The van der Waals surface area contributed by atoms with Crippen molar-refractivity contribution in [3.63, 3.8) is 0 Å². The topological polar surface area (TPSA) is 47.6 Å². The van der Waals surface area contributed by atoms with Crippen molar-refractivity contribution in [2.45, 2.75) is 0 Å². The minimum atomic E-state index is -0.294. The summed E-state index contributed by atoms with van der Waals surface area (Å²) >= 11 is 3.31. The lowest BCUT2D eigenvalue weighted by Gasteiger charge is -2.08. The van der Waals surface area contributed by atoms with Gasteiger partial charge in [-0.05, 0) is 40.2 Å². The van der Waals surface area contributed by atoms with Crippen molar-refractivity contribution >= 4 is 21.8 Å². The summed E-state index contributed by atoms with van der Waals surface area (Å²) in [6, 6.07) is 16.6. The molecule has 0 radical (unpaired) electrons. The van der Waals surface area contributed by atoms with Crippen LogP contribution >= 0.6 is 15.9 Å². The molecule has 0 unspecified atom stereocenters. The zero-order valence-electron chi connectivity index (χ0n) is 10.7. The third kappa shape index (κ3) is 4.36. The number of carbonyl (C=O) groups excluding carboxylic acids is 1. The molecule has 0 aliphatic heterocycles. The summed E-state index contributed by atoms with van der Waals surface area (Å²) < 4.78 is 6.16. The fourth-order valence-corrected chi connectivity index (χ4v) is 2.00. The Balaban J connectivity index is 1.69. The van der Waals surface area contributed by atoms with E-state index in [1.165, 1.54) is 0 Å². The summed E-state index contributed by atoms with van der Waals surface area (Å²) in [6.45, 7) is 0.630. The number of halogens is 1. The van der Waals surface area contributed by atoms with Crippen molar-refractivity contribution in [3.05, 3.63) is 64.6 Å². The van der Waals surface area contributed by atoms with Crippen molar-refractivity contribution in [2.24, 2.45) is 0 Å². The van der Waals surface area contributed by atoms with E-state index in [-0.39, 0.29) is 12.5 Å². The van der Waals surface area contributed by atoms with Crippen molar-refractivity contribution in [3.8, 4) is 5.75 Å². The summed E-state index contributed by atoms with van der Waals surface area (Å²) in [5.74, 6) is 0.477. The summed E-state index contributed by atoms with van der Waals surface area (Å²) in [5, 5.41) is 0. The number of ether oxygens (including phenoxy) is 1. The highest BCUT2D eigenvalue weighted by atomic mass is 79.9. The number of hydrogen-bond donors (Lipinski definition) is 1. The fraction of sp³-hybridized carbons (Fsp3) is 0.133. The van der Waals surface area contributed by atoms with E-state index in [1.54, 1.807) is 18.2 Å². The highest BCUT2D eigenvalue weighted by Gasteiger charge is 2.08. The normalized spacial score (nSPS) is 10.1. The van der Waals surface area contributed by atoms with Crippen LogP contribution in [0.5, 0.6) is 5.75 Å². The lowest BCUT2D eigenvalue weighted by Crippen LogP contribution is -2.26. The number of rotatable bonds is 6. The van der Waals surface area contributed by atoms with Crippen LogP contribution in [0.3, 0.4) is 0 Å². The van der Waals surface area contributed by atoms with Crippen LogP contribution in [0.4, 0.5) is 0 Å². The van der Waals surface area contributed by atoms with Gasteiger partial charge in [-0.25, -0.2) is 5.48 Å². The Morgan fingerprint density at radius 1 is 1.00 bits per heavy atom. The maximum atomic E-state index is 11.8. The lowest BCUT2D eigenvalue weighted by molar-refractivity contribution is 0.0200. The molecular weight excluding hydrogens is 322 g/mol. The molecule has 0 aromatic heterocycles. The zero-order valence-corrected chi connectivity index (χ0v) is 12.3. The number of benzene rings is 2. The summed E-state index contributed by atoms with van der Waals surface area (Å²) in [6.07, 6.45) is 0. The van der Waals surface area contributed by atoms with E-state index in [2.05, 4.69) is 21.4 Å². The van der Waals surface area contributed by atoms with Gasteiger partial charge in [-0.15, -0.1) is 0 Å². The molecule has 0 bridgehead atoms. The standard InChI is InChI=1S/C15H14BrNO3/c16-14-9-5-4-8-13(14)15(18)17-20-11-10-19-12-6-2-1-3-7-12/h1-9H,10-11H2,(H,17,18). The van der Waals surface area contributed by atoms with E-state index in [4.69, 9.17) is 9.57 Å². The van der Waals surface area contributed by atoms with Gasteiger partial charge in [0, 0.05) is 4.47 Å². The molecule has 20 heavy (non-hydrogen) atoms. The molecule has 0 aliphatic rings. The molecule has 0 saturated carbocycles. The summed E-state index contributed by atoms with van der Waals surface area (Å²) in [7, 11) is 0. The number of amides is 1. The highest BCUT2D eigenvalue weighted by Crippen LogP contribution is 2.15. The van der Waals surface area contributed by atoms with E-state index in [1.807, 2.05) is 36.4 Å². The Labute approximate surface area is 125 Å². The molecule has 0 heterocycles. The molecule has 0 fully saturated rings. The van der Waals surface area contributed by atoms with Gasteiger partial charge in [0.15, 0.2) is 0 Å². The first-order valence-corrected chi connectivity index (χ1v) is 6.91. The Bertz CT molecular complexity index is 560. The number of hydroxylamine groups is 1. The summed E-state index contributed by atoms with van der Waals surface area (Å²) in [4.78, 5) is 16.9. The second-order valence-corrected chi connectivity index (χ2v) is 4.78. The molecule has 5 heteroatoms. The van der Waals surface area contributed by atoms with Gasteiger partial charge in [-0.3, -0.25) is 9.63 Å². The van der Waals surface area contributed by atoms with E-state index < -0.39 is 0 Å². The number of hydrogen-bond acceptors (Lipinski definition) is 3. The molecule has 2 aromatic carbocycles. The molecule has 0 aliphatic carbocycles. The average molecular weight is 336 g/mol. The quantitative estimate of drug-likeness (QED) is 0.651. The molecule has 0 spiro atoms. The van der Waals surface area contributed by atoms with Crippen molar-refractivity contribution in [1.29, 1.82) is 0 Å². The first-order chi connectivity index (χ1) is 9.77. The van der Waals surface area contributed by atoms with Gasteiger partial charge < -0.3 is 4.74 Å². The largest absolute Gasteiger partial charge is 0.491 e. The molecular formula is C15H14BrNO3. The third-order valence-electron chi connectivity index (χ3n) is 2.48. The average Bonchev–Trinajstić information content (AvgIpc) is 2.48. The molecule has 104 valence electrons. The van der Waals surface area contributed by atoms with Gasteiger partial charge in [0.05, 0.1) is 5.56 Å². The van der Waals surface area contributed by atoms with Crippen LogP contribution in [0.1, 0.15) is 10.4 Å². The minimum absolute atomic E-state index is 0.269. The highest BCUT2D eigenvalue weighted by molar-refractivity contribution is 9.10. The Morgan fingerprint density at radius 2 is 1.70 bits per heavy atom. The van der Waals surface area contributed by atoms with Crippen molar-refractivity contribution in [2.75, 3.05) is 13.2 Å². The first kappa shape index (κ1) is 14.6. The van der Waals surface area contributed by atoms with Crippen LogP contribution in [0.15, 0.2) is 59.1 Å². The molecule has 0 saturated heterocycles. The summed E-state index contributed by atoms with van der Waals surface area (Å²) in [5.41, 5.74) is 2.90. The maximum absolute atomic E-state index is 11.8. The predicted molar refractivity (Wildman–Crippen MR) is 79.5 cm³/mol. The second-order valence-electron chi connectivity index (χ2n) is 3.92. The molecule has 0 atom stereocenters. The molecule has 2 aromatic rings. The maximum Gasteiger partial charge on any atom is 0.275 e. The lowest BCUT2D eigenvalue weighted by atomic mass is 10.2. The Morgan fingerprint density at radius 3 is 2.45 bits per heavy atom. The van der Waals surface area contributed by atoms with Crippen LogP contribution < -0.4 is 10.2 Å². The van der Waals surface area contributed by atoms with Gasteiger partial charge in [0.1, 0.15) is 19.0 Å². The van der Waals surface area contributed by atoms with Crippen LogP contribution in [0.25, 0.3) is 0 Å². The zero-order chi connectivity index (χ0) is 14.2. The molecule has 1 N–H and O–H groups in total. The second kappa shape index (κ2) is 7.67. The van der Waals surface area contributed by atoms with Crippen LogP contribution in [-0.2, 0) is 4.84 Å². The van der Waals surface area contributed by atoms with Crippen LogP contribution in [0, 0.1) is 0 Å². The molecule has 2 rings (SSSR count). The Kier molecular flexibility index (Phi) is 5.58. The predicted octanol–water partition coefficient (Wildman–Crippen LogP) is 3.19. The van der Waals surface area contributed by atoms with Crippen LogP contribution in [-0.4, -0.2) is 19.1 Å².